The molecule has 0 unspecified atom stereocenters. The van der Waals surface area contributed by atoms with Crippen molar-refractivity contribution in [3.8, 4) is 0 Å². The fourth-order valence-corrected chi connectivity index (χ4v) is 1.87. The van der Waals surface area contributed by atoms with E-state index in [0.29, 0.717) is 23.3 Å². The number of halogens is 1. The van der Waals surface area contributed by atoms with E-state index in [4.69, 9.17) is 0 Å². The highest BCUT2D eigenvalue weighted by Gasteiger charge is 2.32. The summed E-state index contributed by atoms with van der Waals surface area (Å²) in [6.45, 7) is 1.89. The first-order valence-electron chi connectivity index (χ1n) is 4.91. The normalized spacial score (nSPS) is 18.0. The van der Waals surface area contributed by atoms with Gasteiger partial charge in [-0.05, 0) is 21.8 Å². The van der Waals surface area contributed by atoms with Crippen LogP contribution in [0.4, 0.5) is 5.82 Å². The molecule has 2 rings (SSSR count). The molecule has 0 N–H and O–H groups in total. The monoisotopic (exact) mass is 283 g/mol. The summed E-state index contributed by atoms with van der Waals surface area (Å²) >= 11 is 3.15. The van der Waals surface area contributed by atoms with E-state index in [1.165, 1.54) is 12.4 Å². The highest BCUT2D eigenvalue weighted by atomic mass is 79.9. The lowest BCUT2D eigenvalue weighted by molar-refractivity contribution is -0.130. The molecular weight excluding hydrogens is 274 g/mol. The van der Waals surface area contributed by atoms with Gasteiger partial charge in [0.25, 0.3) is 0 Å². The molecular formula is C10H10BrN3O2. The van der Waals surface area contributed by atoms with Gasteiger partial charge in [-0.2, -0.15) is 0 Å². The Morgan fingerprint density at radius 2 is 1.88 bits per heavy atom. The summed E-state index contributed by atoms with van der Waals surface area (Å²) in [6, 6.07) is 0. The fourth-order valence-electron chi connectivity index (χ4n) is 1.67. The van der Waals surface area contributed by atoms with Crippen molar-refractivity contribution in [2.45, 2.75) is 19.8 Å². The zero-order chi connectivity index (χ0) is 11.7. The second kappa shape index (κ2) is 4.29. The minimum atomic E-state index is -0.208. The molecule has 0 bridgehead atoms. The van der Waals surface area contributed by atoms with Crippen LogP contribution in [0.5, 0.6) is 0 Å². The number of hydrogen-bond acceptors (Lipinski definition) is 4. The molecule has 1 aliphatic heterocycles. The van der Waals surface area contributed by atoms with E-state index in [1.807, 2.05) is 6.92 Å². The van der Waals surface area contributed by atoms with E-state index in [-0.39, 0.29) is 17.7 Å². The molecule has 1 aromatic rings. The van der Waals surface area contributed by atoms with Gasteiger partial charge in [-0.3, -0.25) is 9.59 Å². The lowest BCUT2D eigenvalue weighted by atomic mass is 9.98. The Balaban J connectivity index is 2.29. The first kappa shape index (κ1) is 11.2. The molecule has 1 aliphatic rings. The maximum atomic E-state index is 11.7. The van der Waals surface area contributed by atoms with Crippen molar-refractivity contribution in [2.24, 2.45) is 5.92 Å². The fraction of sp³-hybridized carbons (Fsp3) is 0.400. The zero-order valence-corrected chi connectivity index (χ0v) is 10.3. The van der Waals surface area contributed by atoms with Gasteiger partial charge in [-0.1, -0.05) is 6.92 Å². The number of carbonyl (C=O) groups excluding carboxylic acids is 2. The van der Waals surface area contributed by atoms with E-state index >= 15 is 0 Å². The first-order valence-corrected chi connectivity index (χ1v) is 5.70. The third-order valence-electron chi connectivity index (χ3n) is 2.38. The Kier molecular flexibility index (Phi) is 3.00. The van der Waals surface area contributed by atoms with Crippen molar-refractivity contribution in [2.75, 3.05) is 4.90 Å². The van der Waals surface area contributed by atoms with Crippen LogP contribution in [0.15, 0.2) is 17.0 Å². The van der Waals surface area contributed by atoms with Crippen molar-refractivity contribution in [1.82, 2.24) is 9.97 Å². The number of hydrogen-bond donors (Lipinski definition) is 0. The van der Waals surface area contributed by atoms with Crippen LogP contribution in [0.1, 0.15) is 19.8 Å². The maximum Gasteiger partial charge on any atom is 0.235 e. The van der Waals surface area contributed by atoms with Gasteiger partial charge < -0.3 is 0 Å². The SMILES string of the molecule is CC1CC(=O)N(c2cnc(Br)cn2)C(=O)C1. The minimum absolute atomic E-state index is 0.111. The standard InChI is InChI=1S/C10H10BrN3O2/c1-6-2-9(15)14(10(16)3-6)8-5-12-7(11)4-13-8/h4-6H,2-3H2,1H3. The Labute approximate surface area is 101 Å². The summed E-state index contributed by atoms with van der Waals surface area (Å²) in [4.78, 5) is 32.5. The van der Waals surface area contributed by atoms with E-state index in [9.17, 15) is 9.59 Å². The smallest absolute Gasteiger partial charge is 0.235 e. The summed E-state index contributed by atoms with van der Waals surface area (Å²) in [6.07, 6.45) is 3.64. The molecule has 0 radical (unpaired) electrons. The average Bonchev–Trinajstić information content (AvgIpc) is 2.19. The van der Waals surface area contributed by atoms with Crippen molar-refractivity contribution in [3.63, 3.8) is 0 Å². The van der Waals surface area contributed by atoms with Crippen molar-refractivity contribution in [3.05, 3.63) is 17.0 Å². The molecule has 1 fully saturated rings. The topological polar surface area (TPSA) is 63.2 Å². The van der Waals surface area contributed by atoms with Crippen LogP contribution in [0, 0.1) is 5.92 Å². The summed E-state index contributed by atoms with van der Waals surface area (Å²) in [7, 11) is 0. The van der Waals surface area contributed by atoms with Crippen LogP contribution < -0.4 is 4.90 Å². The van der Waals surface area contributed by atoms with Gasteiger partial charge in [-0.25, -0.2) is 14.9 Å². The molecule has 2 heterocycles. The molecule has 84 valence electrons. The predicted molar refractivity (Wildman–Crippen MR) is 60.6 cm³/mol. The van der Waals surface area contributed by atoms with Crippen LogP contribution in [-0.4, -0.2) is 21.8 Å². The van der Waals surface area contributed by atoms with E-state index < -0.39 is 0 Å². The molecule has 0 spiro atoms. The Morgan fingerprint density at radius 1 is 1.25 bits per heavy atom. The number of nitrogens with zero attached hydrogens (tertiary/aromatic N) is 3. The molecule has 0 atom stereocenters. The molecule has 1 saturated heterocycles. The van der Waals surface area contributed by atoms with Gasteiger partial charge in [-0.15, -0.1) is 0 Å². The highest BCUT2D eigenvalue weighted by molar-refractivity contribution is 9.10. The maximum absolute atomic E-state index is 11.7. The highest BCUT2D eigenvalue weighted by Crippen LogP contribution is 2.23. The summed E-state index contributed by atoms with van der Waals surface area (Å²) in [5.41, 5.74) is 0. The number of carbonyl (C=O) groups is 2. The average molecular weight is 284 g/mol. The van der Waals surface area contributed by atoms with Crippen molar-refractivity contribution in [1.29, 1.82) is 0 Å². The quantitative estimate of drug-likeness (QED) is 0.734. The van der Waals surface area contributed by atoms with Gasteiger partial charge in [0.1, 0.15) is 4.60 Å². The van der Waals surface area contributed by atoms with Crippen molar-refractivity contribution < 1.29 is 9.59 Å². The van der Waals surface area contributed by atoms with Crippen LogP contribution in [-0.2, 0) is 9.59 Å². The molecule has 5 nitrogen and oxygen atoms in total. The van der Waals surface area contributed by atoms with Crippen LogP contribution in [0.25, 0.3) is 0 Å². The summed E-state index contributed by atoms with van der Waals surface area (Å²) in [5, 5.41) is 0. The molecule has 0 aromatic carbocycles. The molecule has 16 heavy (non-hydrogen) atoms. The number of piperidine rings is 1. The molecule has 0 saturated carbocycles. The minimum Gasteiger partial charge on any atom is -0.274 e. The third-order valence-corrected chi connectivity index (χ3v) is 2.79. The molecule has 2 amide bonds. The number of amides is 2. The van der Waals surface area contributed by atoms with E-state index in [2.05, 4.69) is 25.9 Å². The number of aromatic nitrogens is 2. The van der Waals surface area contributed by atoms with Crippen LogP contribution >= 0.6 is 15.9 Å². The van der Waals surface area contributed by atoms with Crippen molar-refractivity contribution >= 4 is 33.6 Å². The van der Waals surface area contributed by atoms with Crippen LogP contribution in [0.2, 0.25) is 0 Å². The second-order valence-electron chi connectivity index (χ2n) is 3.83. The Morgan fingerprint density at radius 3 is 2.38 bits per heavy atom. The predicted octanol–water partition coefficient (Wildman–Crippen LogP) is 1.53. The summed E-state index contributed by atoms with van der Waals surface area (Å²) < 4.78 is 0.571. The second-order valence-corrected chi connectivity index (χ2v) is 4.65. The lowest BCUT2D eigenvalue weighted by Crippen LogP contribution is -2.43. The summed E-state index contributed by atoms with van der Waals surface area (Å²) in [5.74, 6) is -0.00879. The molecule has 1 aromatic heterocycles. The number of rotatable bonds is 1. The van der Waals surface area contributed by atoms with Crippen LogP contribution in [0.3, 0.4) is 0 Å². The van der Waals surface area contributed by atoms with Gasteiger partial charge >= 0.3 is 0 Å². The number of imide groups is 1. The van der Waals surface area contributed by atoms with E-state index in [1.54, 1.807) is 0 Å². The Bertz CT molecular complexity index is 414. The Hall–Kier alpha value is -1.30. The largest absolute Gasteiger partial charge is 0.274 e. The lowest BCUT2D eigenvalue weighted by Gasteiger charge is -2.26. The zero-order valence-electron chi connectivity index (χ0n) is 8.68. The van der Waals surface area contributed by atoms with Gasteiger partial charge in [0, 0.05) is 12.8 Å². The number of anilines is 1. The molecule has 0 aliphatic carbocycles. The van der Waals surface area contributed by atoms with Gasteiger partial charge in [0.2, 0.25) is 11.8 Å². The first-order chi connectivity index (χ1) is 7.58. The van der Waals surface area contributed by atoms with Gasteiger partial charge in [0.05, 0.1) is 12.4 Å². The van der Waals surface area contributed by atoms with Gasteiger partial charge in [0.15, 0.2) is 5.82 Å². The van der Waals surface area contributed by atoms with E-state index in [0.717, 1.165) is 4.90 Å². The molecule has 6 heteroatoms. The third kappa shape index (κ3) is 2.11.